The molecule has 3 heterocycles. The van der Waals surface area contributed by atoms with Crippen molar-refractivity contribution in [2.24, 2.45) is 5.92 Å². The zero-order valence-electron chi connectivity index (χ0n) is 19.8. The Morgan fingerprint density at radius 3 is 2.56 bits per heavy atom. The highest BCUT2D eigenvalue weighted by Gasteiger charge is 2.19. The van der Waals surface area contributed by atoms with Gasteiger partial charge < -0.3 is 0 Å². The van der Waals surface area contributed by atoms with Gasteiger partial charge in [0.25, 0.3) is 0 Å². The molecule has 9 heteroatoms. The Labute approximate surface area is 204 Å². The number of imidazole rings is 1. The Morgan fingerprint density at radius 2 is 1.88 bits per heavy atom. The van der Waals surface area contributed by atoms with Crippen LogP contribution in [0.4, 0.5) is 0 Å². The molecule has 1 N–H and O–H groups in total. The van der Waals surface area contributed by atoms with E-state index in [2.05, 4.69) is 46.4 Å². The van der Waals surface area contributed by atoms with Crippen molar-refractivity contribution in [1.82, 2.24) is 34.7 Å². The van der Waals surface area contributed by atoms with Crippen molar-refractivity contribution in [3.8, 4) is 22.6 Å². The van der Waals surface area contributed by atoms with Gasteiger partial charge in [0.15, 0.2) is 5.82 Å². The van der Waals surface area contributed by atoms with Crippen molar-refractivity contribution < 1.29 is 0 Å². The van der Waals surface area contributed by atoms with Gasteiger partial charge in [0.1, 0.15) is 10.8 Å². The highest BCUT2D eigenvalue weighted by Crippen LogP contribution is 2.28. The molecule has 0 unspecified atom stereocenters. The second kappa shape index (κ2) is 10.8. The number of aromatic amines is 1. The normalized spacial score (nSPS) is 11.4. The summed E-state index contributed by atoms with van der Waals surface area (Å²) in [6.45, 7) is 7.46. The first kappa shape index (κ1) is 23.9. The third-order valence-electron chi connectivity index (χ3n) is 5.81. The molecule has 0 saturated carbocycles. The fourth-order valence-electron chi connectivity index (χ4n) is 4.14. The van der Waals surface area contributed by atoms with Crippen LogP contribution in [0.25, 0.3) is 22.6 Å². The first-order valence-corrected chi connectivity index (χ1v) is 12.1. The molecule has 0 aliphatic heterocycles. The van der Waals surface area contributed by atoms with E-state index in [4.69, 9.17) is 11.6 Å². The van der Waals surface area contributed by atoms with E-state index in [1.807, 2.05) is 41.0 Å². The lowest BCUT2D eigenvalue weighted by Gasteiger charge is -2.10. The highest BCUT2D eigenvalue weighted by atomic mass is 35.5. The molecule has 3 aromatic heterocycles. The summed E-state index contributed by atoms with van der Waals surface area (Å²) in [6.07, 6.45) is 5.77. The van der Waals surface area contributed by atoms with E-state index in [0.29, 0.717) is 35.7 Å². The molecule has 0 atom stereocenters. The number of halogens is 1. The number of rotatable bonds is 10. The average molecular weight is 480 g/mol. The van der Waals surface area contributed by atoms with Gasteiger partial charge >= 0.3 is 5.69 Å². The van der Waals surface area contributed by atoms with Crippen molar-refractivity contribution in [1.29, 1.82) is 0 Å². The van der Waals surface area contributed by atoms with Crippen molar-refractivity contribution in [3.63, 3.8) is 0 Å². The minimum absolute atomic E-state index is 0.0401. The molecule has 4 aromatic rings. The summed E-state index contributed by atoms with van der Waals surface area (Å²) in [5.41, 5.74) is 4.53. The number of hydrogen-bond acceptors (Lipinski definition) is 5. The van der Waals surface area contributed by atoms with Crippen LogP contribution in [0.5, 0.6) is 0 Å². The molecule has 0 aliphatic rings. The van der Waals surface area contributed by atoms with Gasteiger partial charge in [-0.25, -0.2) is 9.89 Å². The van der Waals surface area contributed by atoms with Gasteiger partial charge in [-0.3, -0.25) is 14.1 Å². The molecule has 0 aliphatic carbocycles. The molecule has 0 spiro atoms. The van der Waals surface area contributed by atoms with Crippen molar-refractivity contribution in [2.45, 2.75) is 59.5 Å². The Hall–Kier alpha value is -3.26. The second-order valence-electron chi connectivity index (χ2n) is 8.91. The monoisotopic (exact) mass is 479 g/mol. The molecular weight excluding hydrogens is 450 g/mol. The molecule has 8 nitrogen and oxygen atoms in total. The van der Waals surface area contributed by atoms with Gasteiger partial charge in [0.05, 0.1) is 12.2 Å². The number of nitrogens with one attached hydrogen (secondary N) is 1. The summed E-state index contributed by atoms with van der Waals surface area (Å²) in [4.78, 5) is 17.7. The summed E-state index contributed by atoms with van der Waals surface area (Å²) in [5.74, 6) is 0.853. The van der Waals surface area contributed by atoms with Crippen molar-refractivity contribution >= 4 is 11.6 Å². The summed E-state index contributed by atoms with van der Waals surface area (Å²) >= 11 is 6.71. The van der Waals surface area contributed by atoms with Crippen LogP contribution < -0.4 is 5.69 Å². The molecule has 0 saturated heterocycles. The number of unbranched alkanes of at least 4 members (excludes halogenated alkanes) is 2. The Kier molecular flexibility index (Phi) is 7.57. The summed E-state index contributed by atoms with van der Waals surface area (Å²) in [5, 5.41) is 14.7. The number of hydrogen-bond donors (Lipinski definition) is 1. The molecule has 1 aromatic carbocycles. The van der Waals surface area contributed by atoms with E-state index in [1.165, 1.54) is 0 Å². The Bertz CT molecular complexity index is 1270. The van der Waals surface area contributed by atoms with Gasteiger partial charge in [0.2, 0.25) is 0 Å². The number of aromatic nitrogens is 7. The quantitative estimate of drug-likeness (QED) is 0.323. The third kappa shape index (κ3) is 5.12. The Morgan fingerprint density at radius 1 is 1.09 bits per heavy atom. The van der Waals surface area contributed by atoms with Crippen molar-refractivity contribution in [2.75, 3.05) is 0 Å². The van der Waals surface area contributed by atoms with Gasteiger partial charge in [-0.2, -0.15) is 0 Å². The van der Waals surface area contributed by atoms with Gasteiger partial charge in [0, 0.05) is 18.3 Å². The van der Waals surface area contributed by atoms with Crippen LogP contribution >= 0.6 is 11.6 Å². The van der Waals surface area contributed by atoms with Gasteiger partial charge in [-0.1, -0.05) is 75.5 Å². The van der Waals surface area contributed by atoms with Crippen LogP contribution in [0.2, 0.25) is 5.15 Å². The first-order chi connectivity index (χ1) is 16.5. The van der Waals surface area contributed by atoms with Crippen LogP contribution in [0.1, 0.15) is 51.3 Å². The number of tetrazole rings is 1. The van der Waals surface area contributed by atoms with E-state index >= 15 is 0 Å². The minimum atomic E-state index is -0.0401. The molecule has 0 amide bonds. The van der Waals surface area contributed by atoms with Gasteiger partial charge in [-0.05, 0) is 46.4 Å². The summed E-state index contributed by atoms with van der Waals surface area (Å²) in [7, 11) is 0. The standard InChI is InChI=1S/C25H30ClN7O/c1-4-5-6-9-21-23(26)33(15-17(2)3)25(34)32(21)16-18-10-12-19(13-11-18)20-8-7-14-27-22(20)24-28-30-31-29-24/h7-8,10-14,17H,4-6,9,15-16H2,1-3H3,(H,28,29,30,31). The maximum absolute atomic E-state index is 13.3. The Balaban J connectivity index is 1.64. The van der Waals surface area contributed by atoms with E-state index in [0.717, 1.165) is 48.1 Å². The van der Waals surface area contributed by atoms with Crippen LogP contribution in [-0.2, 0) is 19.5 Å². The zero-order valence-corrected chi connectivity index (χ0v) is 20.6. The smallest absolute Gasteiger partial charge is 0.290 e. The van der Waals surface area contributed by atoms with E-state index in [9.17, 15) is 4.79 Å². The zero-order chi connectivity index (χ0) is 24.1. The first-order valence-electron chi connectivity index (χ1n) is 11.8. The van der Waals surface area contributed by atoms with Crippen LogP contribution in [0.3, 0.4) is 0 Å². The second-order valence-corrected chi connectivity index (χ2v) is 9.27. The number of benzene rings is 1. The SMILES string of the molecule is CCCCCc1c(Cl)n(CC(C)C)c(=O)n1Cc1ccc(-c2cccnc2-c2nnn[nH]2)cc1. The van der Waals surface area contributed by atoms with Crippen LogP contribution in [0.15, 0.2) is 47.4 Å². The molecule has 0 fully saturated rings. The molecule has 0 bridgehead atoms. The lowest BCUT2D eigenvalue weighted by Crippen LogP contribution is -2.27. The summed E-state index contributed by atoms with van der Waals surface area (Å²) < 4.78 is 3.56. The maximum atomic E-state index is 13.3. The van der Waals surface area contributed by atoms with E-state index in [-0.39, 0.29) is 5.69 Å². The summed E-state index contributed by atoms with van der Waals surface area (Å²) in [6, 6.07) is 12.0. The third-order valence-corrected chi connectivity index (χ3v) is 6.23. The minimum Gasteiger partial charge on any atom is -0.290 e. The van der Waals surface area contributed by atoms with Crippen molar-refractivity contribution in [3.05, 3.63) is 69.5 Å². The topological polar surface area (TPSA) is 94.3 Å². The largest absolute Gasteiger partial charge is 0.329 e. The number of nitrogens with zero attached hydrogens (tertiary/aromatic N) is 6. The van der Waals surface area contributed by atoms with Crippen LogP contribution in [-0.4, -0.2) is 34.7 Å². The van der Waals surface area contributed by atoms with Crippen LogP contribution in [0, 0.1) is 5.92 Å². The molecule has 0 radical (unpaired) electrons. The predicted molar refractivity (Wildman–Crippen MR) is 134 cm³/mol. The molecular formula is C25H30ClN7O. The fourth-order valence-corrected chi connectivity index (χ4v) is 4.48. The average Bonchev–Trinajstić information content (AvgIpc) is 3.45. The van der Waals surface area contributed by atoms with E-state index in [1.54, 1.807) is 10.8 Å². The lowest BCUT2D eigenvalue weighted by atomic mass is 10.0. The maximum Gasteiger partial charge on any atom is 0.329 e. The van der Waals surface area contributed by atoms with Gasteiger partial charge in [-0.15, -0.1) is 5.10 Å². The number of pyridine rings is 1. The lowest BCUT2D eigenvalue weighted by molar-refractivity contribution is 0.504. The highest BCUT2D eigenvalue weighted by molar-refractivity contribution is 6.30. The number of H-pyrrole nitrogens is 1. The fraction of sp³-hybridized carbons (Fsp3) is 0.400. The molecule has 4 rings (SSSR count). The predicted octanol–water partition coefficient (Wildman–Crippen LogP) is 4.98. The molecule has 34 heavy (non-hydrogen) atoms. The molecule has 178 valence electrons. The van der Waals surface area contributed by atoms with E-state index < -0.39 is 0 Å².